The summed E-state index contributed by atoms with van der Waals surface area (Å²) in [7, 11) is 4.76. The van der Waals surface area contributed by atoms with Gasteiger partial charge in [0.05, 0.1) is 32.6 Å². The molecule has 0 aliphatic rings. The van der Waals surface area contributed by atoms with Crippen LogP contribution in [-0.4, -0.2) is 27.2 Å². The van der Waals surface area contributed by atoms with Crippen molar-refractivity contribution in [3.05, 3.63) is 71.8 Å². The number of amides is 1. The summed E-state index contributed by atoms with van der Waals surface area (Å²) in [5.74, 6) is 2.10. The van der Waals surface area contributed by atoms with Gasteiger partial charge in [-0.25, -0.2) is 0 Å². The third-order valence-corrected chi connectivity index (χ3v) is 5.08. The van der Waals surface area contributed by atoms with E-state index in [2.05, 4.69) is 5.32 Å². The Balaban J connectivity index is 1.85. The van der Waals surface area contributed by atoms with Gasteiger partial charge in [0.2, 0.25) is 0 Å². The first-order valence-corrected chi connectivity index (χ1v) is 9.75. The number of rotatable bonds is 6. The maximum absolute atomic E-state index is 13.5. The van der Waals surface area contributed by atoms with Gasteiger partial charge in [0.1, 0.15) is 28.6 Å². The van der Waals surface area contributed by atoms with Crippen LogP contribution in [0.15, 0.2) is 65.1 Å². The molecule has 0 bridgehead atoms. The lowest BCUT2D eigenvalue weighted by Crippen LogP contribution is -2.13. The zero-order chi connectivity index (χ0) is 22.0. The van der Waals surface area contributed by atoms with Gasteiger partial charge in [0, 0.05) is 10.9 Å². The van der Waals surface area contributed by atoms with Crippen LogP contribution in [0.3, 0.4) is 0 Å². The number of benzene rings is 3. The van der Waals surface area contributed by atoms with Gasteiger partial charge in [0.25, 0.3) is 5.91 Å². The Labute approximate surface area is 180 Å². The summed E-state index contributed by atoms with van der Waals surface area (Å²) >= 11 is 0. The van der Waals surface area contributed by atoms with Crippen molar-refractivity contribution in [1.82, 2.24) is 0 Å². The standard InChI is InChI=1S/C25H23NO5/c1-15-5-11-22(30-4)20(13-15)26-25(27)23-19-14-18(29-3)10-12-21(19)31-24(23)16-6-8-17(28-2)9-7-16/h5-14H,1-4H3,(H,26,27). The molecule has 31 heavy (non-hydrogen) atoms. The molecule has 0 unspecified atom stereocenters. The molecule has 6 heteroatoms. The first-order chi connectivity index (χ1) is 15.0. The van der Waals surface area contributed by atoms with Gasteiger partial charge >= 0.3 is 0 Å². The molecule has 0 fully saturated rings. The van der Waals surface area contributed by atoms with Gasteiger partial charge < -0.3 is 23.9 Å². The van der Waals surface area contributed by atoms with Crippen molar-refractivity contribution in [3.8, 4) is 28.6 Å². The number of nitrogens with one attached hydrogen (secondary N) is 1. The molecular formula is C25H23NO5. The highest BCUT2D eigenvalue weighted by molar-refractivity contribution is 6.17. The summed E-state index contributed by atoms with van der Waals surface area (Å²) < 4.78 is 22.1. The fourth-order valence-corrected chi connectivity index (χ4v) is 3.48. The van der Waals surface area contributed by atoms with E-state index in [9.17, 15) is 4.79 Å². The van der Waals surface area contributed by atoms with E-state index >= 15 is 0 Å². The molecule has 0 spiro atoms. The number of aryl methyl sites for hydroxylation is 1. The lowest BCUT2D eigenvalue weighted by atomic mass is 10.0. The smallest absolute Gasteiger partial charge is 0.260 e. The largest absolute Gasteiger partial charge is 0.497 e. The molecule has 1 amide bonds. The zero-order valence-corrected chi connectivity index (χ0v) is 17.8. The monoisotopic (exact) mass is 417 g/mol. The lowest BCUT2D eigenvalue weighted by molar-refractivity contribution is 0.102. The summed E-state index contributed by atoms with van der Waals surface area (Å²) in [5, 5.41) is 3.64. The van der Waals surface area contributed by atoms with Crippen LogP contribution in [-0.2, 0) is 0 Å². The number of furan rings is 1. The van der Waals surface area contributed by atoms with Crippen LogP contribution in [0.1, 0.15) is 15.9 Å². The molecule has 1 aromatic heterocycles. The average molecular weight is 417 g/mol. The average Bonchev–Trinajstić information content (AvgIpc) is 3.18. The highest BCUT2D eigenvalue weighted by Crippen LogP contribution is 2.37. The summed E-state index contributed by atoms with van der Waals surface area (Å²) in [6.07, 6.45) is 0. The third-order valence-electron chi connectivity index (χ3n) is 5.08. The number of methoxy groups -OCH3 is 3. The van der Waals surface area contributed by atoms with Crippen molar-refractivity contribution in [1.29, 1.82) is 0 Å². The van der Waals surface area contributed by atoms with E-state index in [0.29, 0.717) is 39.5 Å². The Kier molecular flexibility index (Phi) is 5.54. The molecule has 0 saturated heterocycles. The molecule has 0 saturated carbocycles. The fourth-order valence-electron chi connectivity index (χ4n) is 3.48. The van der Waals surface area contributed by atoms with E-state index in [4.69, 9.17) is 18.6 Å². The van der Waals surface area contributed by atoms with Crippen LogP contribution >= 0.6 is 0 Å². The van der Waals surface area contributed by atoms with Gasteiger partial charge in [-0.3, -0.25) is 4.79 Å². The Morgan fingerprint density at radius 3 is 2.23 bits per heavy atom. The molecule has 1 heterocycles. The Hall–Kier alpha value is -3.93. The Morgan fingerprint density at radius 1 is 0.839 bits per heavy atom. The van der Waals surface area contributed by atoms with Crippen LogP contribution in [0, 0.1) is 6.92 Å². The van der Waals surface area contributed by atoms with Gasteiger partial charge in [-0.05, 0) is 67.1 Å². The second kappa shape index (κ2) is 8.44. The minimum atomic E-state index is -0.304. The SMILES string of the molecule is COc1ccc(-c2oc3ccc(OC)cc3c2C(=O)Nc2cc(C)ccc2OC)cc1. The number of hydrogen-bond donors (Lipinski definition) is 1. The second-order valence-corrected chi connectivity index (χ2v) is 7.05. The molecule has 1 N–H and O–H groups in total. The Bertz CT molecular complexity index is 1240. The predicted octanol–water partition coefficient (Wildman–Crippen LogP) is 5.69. The highest BCUT2D eigenvalue weighted by atomic mass is 16.5. The topological polar surface area (TPSA) is 69.9 Å². The maximum atomic E-state index is 13.5. The maximum Gasteiger partial charge on any atom is 0.260 e. The van der Waals surface area contributed by atoms with Crippen LogP contribution in [0.5, 0.6) is 17.2 Å². The highest BCUT2D eigenvalue weighted by Gasteiger charge is 2.24. The summed E-state index contributed by atoms with van der Waals surface area (Å²) in [6.45, 7) is 1.95. The third kappa shape index (κ3) is 3.92. The van der Waals surface area contributed by atoms with Crippen LogP contribution in [0.25, 0.3) is 22.3 Å². The van der Waals surface area contributed by atoms with E-state index in [-0.39, 0.29) is 5.91 Å². The van der Waals surface area contributed by atoms with Crippen LogP contribution in [0.2, 0.25) is 0 Å². The van der Waals surface area contributed by atoms with Crippen molar-refractivity contribution in [2.24, 2.45) is 0 Å². The van der Waals surface area contributed by atoms with Crippen molar-refractivity contribution >= 4 is 22.6 Å². The molecule has 3 aromatic carbocycles. The first-order valence-electron chi connectivity index (χ1n) is 9.75. The van der Waals surface area contributed by atoms with Crippen molar-refractivity contribution in [3.63, 3.8) is 0 Å². The van der Waals surface area contributed by atoms with E-state index in [1.165, 1.54) is 0 Å². The molecule has 0 aliphatic heterocycles. The zero-order valence-electron chi connectivity index (χ0n) is 17.8. The molecule has 4 aromatic rings. The molecule has 0 aliphatic carbocycles. The fraction of sp³-hybridized carbons (Fsp3) is 0.160. The van der Waals surface area contributed by atoms with Crippen LogP contribution in [0.4, 0.5) is 5.69 Å². The minimum absolute atomic E-state index is 0.304. The number of fused-ring (bicyclic) bond motifs is 1. The molecule has 0 atom stereocenters. The van der Waals surface area contributed by atoms with Crippen molar-refractivity contribution in [2.75, 3.05) is 26.6 Å². The number of carbonyl (C=O) groups is 1. The number of hydrogen-bond acceptors (Lipinski definition) is 5. The summed E-state index contributed by atoms with van der Waals surface area (Å²) in [5.41, 5.74) is 3.36. The molecule has 6 nitrogen and oxygen atoms in total. The van der Waals surface area contributed by atoms with E-state index in [0.717, 1.165) is 16.9 Å². The quantitative estimate of drug-likeness (QED) is 0.437. The van der Waals surface area contributed by atoms with Gasteiger partial charge in [-0.2, -0.15) is 0 Å². The summed E-state index contributed by atoms with van der Waals surface area (Å²) in [4.78, 5) is 13.5. The molecule has 4 rings (SSSR count). The molecular weight excluding hydrogens is 394 g/mol. The lowest BCUT2D eigenvalue weighted by Gasteiger charge is -2.11. The summed E-state index contributed by atoms with van der Waals surface area (Å²) in [6, 6.07) is 18.4. The first kappa shape index (κ1) is 20.3. The minimum Gasteiger partial charge on any atom is -0.497 e. The second-order valence-electron chi connectivity index (χ2n) is 7.05. The van der Waals surface area contributed by atoms with E-state index < -0.39 is 0 Å². The Morgan fingerprint density at radius 2 is 1.55 bits per heavy atom. The van der Waals surface area contributed by atoms with Crippen LogP contribution < -0.4 is 19.5 Å². The van der Waals surface area contributed by atoms with Crippen molar-refractivity contribution < 1.29 is 23.4 Å². The number of ether oxygens (including phenoxy) is 3. The number of carbonyl (C=O) groups excluding carboxylic acids is 1. The number of anilines is 1. The van der Waals surface area contributed by atoms with E-state index in [1.54, 1.807) is 39.5 Å². The molecule has 158 valence electrons. The van der Waals surface area contributed by atoms with E-state index in [1.807, 2.05) is 49.4 Å². The van der Waals surface area contributed by atoms with Crippen molar-refractivity contribution in [2.45, 2.75) is 6.92 Å². The molecule has 0 radical (unpaired) electrons. The van der Waals surface area contributed by atoms with Gasteiger partial charge in [-0.1, -0.05) is 6.07 Å². The van der Waals surface area contributed by atoms with Gasteiger partial charge in [-0.15, -0.1) is 0 Å². The normalized spacial score (nSPS) is 10.7. The predicted molar refractivity (Wildman–Crippen MR) is 120 cm³/mol. The van der Waals surface area contributed by atoms with Gasteiger partial charge in [0.15, 0.2) is 0 Å².